The molecule has 0 spiro atoms. The second kappa shape index (κ2) is 6.68. The normalized spacial score (nSPS) is 19.2. The lowest BCUT2D eigenvalue weighted by Crippen LogP contribution is -2.48. The first kappa shape index (κ1) is 17.8. The highest BCUT2D eigenvalue weighted by Gasteiger charge is 2.38. The Morgan fingerprint density at radius 1 is 1.19 bits per heavy atom. The van der Waals surface area contributed by atoms with Crippen molar-refractivity contribution in [1.82, 2.24) is 4.90 Å². The Morgan fingerprint density at radius 2 is 1.76 bits per heavy atom. The van der Waals surface area contributed by atoms with Crippen LogP contribution in [0.15, 0.2) is 11.6 Å². The van der Waals surface area contributed by atoms with Crippen molar-refractivity contribution in [3.63, 3.8) is 0 Å². The molecule has 0 fully saturated rings. The third kappa shape index (κ3) is 3.90. The van der Waals surface area contributed by atoms with Gasteiger partial charge in [0.05, 0.1) is 6.04 Å². The van der Waals surface area contributed by atoms with E-state index < -0.39 is 17.9 Å². The second-order valence-electron chi connectivity index (χ2n) is 6.12. The number of ether oxygens (including phenoxy) is 1. The number of methoxy groups -OCH3 is 1. The van der Waals surface area contributed by atoms with Gasteiger partial charge < -0.3 is 4.74 Å². The van der Waals surface area contributed by atoms with E-state index in [1.54, 1.807) is 13.8 Å². The fourth-order valence-corrected chi connectivity index (χ4v) is 1.70. The molecule has 0 saturated heterocycles. The lowest BCUT2D eigenvalue weighted by atomic mass is 9.95. The van der Waals surface area contributed by atoms with E-state index in [1.807, 2.05) is 27.7 Å². The molecule has 21 heavy (non-hydrogen) atoms. The molecular formula is C15H25NO5. The molecule has 1 heterocycles. The van der Waals surface area contributed by atoms with Crippen LogP contribution in [0.5, 0.6) is 0 Å². The van der Waals surface area contributed by atoms with Crippen LogP contribution in [0.25, 0.3) is 0 Å². The summed E-state index contributed by atoms with van der Waals surface area (Å²) in [5, 5.41) is 0. The Morgan fingerprint density at radius 3 is 2.14 bits per heavy atom. The van der Waals surface area contributed by atoms with Crippen LogP contribution in [0.1, 0.15) is 41.5 Å². The Bertz CT molecular complexity index is 441. The van der Waals surface area contributed by atoms with Gasteiger partial charge in [0.15, 0.2) is 0 Å². The molecule has 6 nitrogen and oxygen atoms in total. The maximum absolute atomic E-state index is 12.0. The zero-order chi connectivity index (χ0) is 16.4. The van der Waals surface area contributed by atoms with E-state index >= 15 is 0 Å². The monoisotopic (exact) mass is 299 g/mol. The lowest BCUT2D eigenvalue weighted by molar-refractivity contribution is -0.428. The van der Waals surface area contributed by atoms with Crippen LogP contribution in [0.4, 0.5) is 0 Å². The Labute approximate surface area is 126 Å². The molecule has 0 bridgehead atoms. The van der Waals surface area contributed by atoms with Crippen LogP contribution in [0, 0.1) is 5.92 Å². The molecule has 0 aromatic carbocycles. The molecule has 0 aliphatic carbocycles. The molecule has 1 rings (SSSR count). The smallest absolute Gasteiger partial charge is 0.256 e. The van der Waals surface area contributed by atoms with Gasteiger partial charge in [0.2, 0.25) is 6.29 Å². The van der Waals surface area contributed by atoms with Crippen LogP contribution in [-0.2, 0) is 24.1 Å². The van der Waals surface area contributed by atoms with Gasteiger partial charge in [-0.05, 0) is 33.6 Å². The standard InChI is InChI=1S/C15H25NO5/c1-9(2)15(5,6)21-20-14(19-7)11(4)16-12(17)8-10(3)13(16)18/h8-9,11,14H,1-7H3. The topological polar surface area (TPSA) is 65.1 Å². The quantitative estimate of drug-likeness (QED) is 0.311. The first-order chi connectivity index (χ1) is 9.61. The number of rotatable bonds is 7. The van der Waals surface area contributed by atoms with Crippen LogP contribution in [0.3, 0.4) is 0 Å². The first-order valence-corrected chi connectivity index (χ1v) is 7.05. The van der Waals surface area contributed by atoms with E-state index in [-0.39, 0.29) is 17.7 Å². The van der Waals surface area contributed by atoms with Crippen LogP contribution >= 0.6 is 0 Å². The van der Waals surface area contributed by atoms with Crippen molar-refractivity contribution < 1.29 is 24.1 Å². The van der Waals surface area contributed by atoms with E-state index in [0.29, 0.717) is 5.57 Å². The van der Waals surface area contributed by atoms with Crippen LogP contribution in [0.2, 0.25) is 0 Å². The van der Waals surface area contributed by atoms with Gasteiger partial charge in [-0.15, -0.1) is 0 Å². The summed E-state index contributed by atoms with van der Waals surface area (Å²) in [6.07, 6.45) is 0.458. The van der Waals surface area contributed by atoms with E-state index in [4.69, 9.17) is 14.5 Å². The molecule has 0 N–H and O–H groups in total. The molecule has 0 saturated carbocycles. The van der Waals surface area contributed by atoms with E-state index in [0.717, 1.165) is 4.90 Å². The average molecular weight is 299 g/mol. The Balaban J connectivity index is 2.73. The predicted octanol–water partition coefficient (Wildman–Crippen LogP) is 2.05. The average Bonchev–Trinajstić information content (AvgIpc) is 2.63. The summed E-state index contributed by atoms with van der Waals surface area (Å²) in [4.78, 5) is 35.7. The summed E-state index contributed by atoms with van der Waals surface area (Å²) in [5.41, 5.74) is -0.103. The minimum absolute atomic E-state index is 0.226. The van der Waals surface area contributed by atoms with Crippen molar-refractivity contribution in [3.8, 4) is 0 Å². The van der Waals surface area contributed by atoms with E-state index in [9.17, 15) is 9.59 Å². The van der Waals surface area contributed by atoms with E-state index in [1.165, 1.54) is 13.2 Å². The van der Waals surface area contributed by atoms with Crippen molar-refractivity contribution in [3.05, 3.63) is 11.6 Å². The number of nitrogens with zero attached hydrogens (tertiary/aromatic N) is 1. The largest absolute Gasteiger partial charge is 0.351 e. The number of hydrogen-bond acceptors (Lipinski definition) is 5. The molecule has 120 valence electrons. The van der Waals surface area contributed by atoms with Crippen molar-refractivity contribution in [2.24, 2.45) is 5.92 Å². The van der Waals surface area contributed by atoms with Crippen LogP contribution in [-0.4, -0.2) is 41.8 Å². The van der Waals surface area contributed by atoms with Crippen molar-refractivity contribution in [1.29, 1.82) is 0 Å². The highest BCUT2D eigenvalue weighted by molar-refractivity contribution is 6.16. The molecule has 0 aromatic rings. The molecule has 1 aliphatic heterocycles. The minimum Gasteiger partial charge on any atom is -0.351 e. The Hall–Kier alpha value is -1.24. The van der Waals surface area contributed by atoms with Crippen molar-refractivity contribution in [2.75, 3.05) is 7.11 Å². The maximum Gasteiger partial charge on any atom is 0.256 e. The molecule has 6 heteroatoms. The summed E-state index contributed by atoms with van der Waals surface area (Å²) in [6, 6.07) is -0.591. The van der Waals surface area contributed by atoms with Crippen molar-refractivity contribution >= 4 is 11.8 Å². The molecule has 0 radical (unpaired) electrons. The second-order valence-corrected chi connectivity index (χ2v) is 6.12. The molecule has 2 atom stereocenters. The summed E-state index contributed by atoms with van der Waals surface area (Å²) in [6.45, 7) is 11.1. The van der Waals surface area contributed by atoms with Gasteiger partial charge in [-0.2, -0.15) is 0 Å². The summed E-state index contributed by atoms with van der Waals surface area (Å²) >= 11 is 0. The zero-order valence-corrected chi connectivity index (χ0v) is 13.8. The van der Waals surface area contributed by atoms with Crippen molar-refractivity contribution in [2.45, 2.75) is 59.5 Å². The molecular weight excluding hydrogens is 274 g/mol. The van der Waals surface area contributed by atoms with Gasteiger partial charge in [0.1, 0.15) is 5.60 Å². The van der Waals surface area contributed by atoms with Crippen LogP contribution < -0.4 is 0 Å². The summed E-state index contributed by atoms with van der Waals surface area (Å²) < 4.78 is 5.22. The number of imide groups is 1. The lowest BCUT2D eigenvalue weighted by Gasteiger charge is -2.33. The third-order valence-electron chi connectivity index (χ3n) is 3.92. The zero-order valence-electron chi connectivity index (χ0n) is 13.8. The van der Waals surface area contributed by atoms with Gasteiger partial charge in [-0.1, -0.05) is 13.8 Å². The van der Waals surface area contributed by atoms with Gasteiger partial charge in [0, 0.05) is 18.8 Å². The van der Waals surface area contributed by atoms with Gasteiger partial charge in [0.25, 0.3) is 11.8 Å². The fourth-order valence-electron chi connectivity index (χ4n) is 1.70. The van der Waals surface area contributed by atoms with Gasteiger partial charge >= 0.3 is 0 Å². The summed E-state index contributed by atoms with van der Waals surface area (Å²) in [7, 11) is 1.44. The number of hydrogen-bond donors (Lipinski definition) is 0. The molecule has 1 aliphatic rings. The molecule has 2 unspecified atom stereocenters. The fraction of sp³-hybridized carbons (Fsp3) is 0.733. The maximum atomic E-state index is 12.0. The molecule has 0 aromatic heterocycles. The number of amides is 2. The van der Waals surface area contributed by atoms with Gasteiger partial charge in [-0.25, -0.2) is 9.78 Å². The first-order valence-electron chi connectivity index (χ1n) is 7.05. The Kier molecular flexibility index (Phi) is 5.67. The highest BCUT2D eigenvalue weighted by atomic mass is 17.2. The van der Waals surface area contributed by atoms with Gasteiger partial charge in [-0.3, -0.25) is 14.5 Å². The number of carbonyl (C=O) groups is 2. The predicted molar refractivity (Wildman–Crippen MR) is 77.0 cm³/mol. The minimum atomic E-state index is -0.852. The molecule has 2 amide bonds. The third-order valence-corrected chi connectivity index (χ3v) is 3.92. The number of carbonyl (C=O) groups excluding carboxylic acids is 2. The summed E-state index contributed by atoms with van der Waals surface area (Å²) in [5.74, 6) is -0.468. The van der Waals surface area contributed by atoms with E-state index in [2.05, 4.69) is 0 Å². The highest BCUT2D eigenvalue weighted by Crippen LogP contribution is 2.24. The SMILES string of the molecule is COC(OOC(C)(C)C(C)C)C(C)N1C(=O)C=C(C)C1=O.